The Morgan fingerprint density at radius 2 is 1.83 bits per heavy atom. The minimum absolute atomic E-state index is 0.0376. The summed E-state index contributed by atoms with van der Waals surface area (Å²) >= 11 is 0. The topological polar surface area (TPSA) is 78.3 Å². The number of hydrogen-bond acceptors (Lipinski definition) is 5. The van der Waals surface area contributed by atoms with Crippen molar-refractivity contribution in [3.05, 3.63) is 75.2 Å². The van der Waals surface area contributed by atoms with Gasteiger partial charge in [-0.05, 0) is 56.4 Å². The van der Waals surface area contributed by atoms with E-state index in [-0.39, 0.29) is 17.0 Å². The van der Waals surface area contributed by atoms with Crippen LogP contribution in [0.3, 0.4) is 0 Å². The van der Waals surface area contributed by atoms with Crippen molar-refractivity contribution in [2.45, 2.75) is 45.8 Å². The maximum atomic E-state index is 12.8. The molecule has 0 bridgehead atoms. The fourth-order valence-electron chi connectivity index (χ4n) is 3.83. The smallest absolute Gasteiger partial charge is 0.360 e. The van der Waals surface area contributed by atoms with Crippen LogP contribution in [-0.4, -0.2) is 27.6 Å². The molecule has 0 aliphatic heterocycles. The van der Waals surface area contributed by atoms with Gasteiger partial charge in [-0.3, -0.25) is 9.59 Å². The molecule has 0 amide bonds. The van der Waals surface area contributed by atoms with Gasteiger partial charge >= 0.3 is 5.97 Å². The lowest BCUT2D eigenvalue weighted by Gasteiger charge is -2.14. The predicted octanol–water partition coefficient (Wildman–Crippen LogP) is 3.33. The van der Waals surface area contributed by atoms with Gasteiger partial charge in [-0.2, -0.15) is 5.10 Å². The highest BCUT2D eigenvalue weighted by atomic mass is 16.5. The summed E-state index contributed by atoms with van der Waals surface area (Å²) in [4.78, 5) is 38.1. The average molecular weight is 390 g/mol. The van der Waals surface area contributed by atoms with Gasteiger partial charge in [-0.15, -0.1) is 0 Å². The zero-order valence-corrected chi connectivity index (χ0v) is 16.5. The molecule has 1 aromatic heterocycles. The van der Waals surface area contributed by atoms with Crippen LogP contribution in [0.1, 0.15) is 52.2 Å². The van der Waals surface area contributed by atoms with E-state index < -0.39 is 12.1 Å². The van der Waals surface area contributed by atoms with Gasteiger partial charge in [-0.1, -0.05) is 30.3 Å². The number of rotatable bonds is 5. The van der Waals surface area contributed by atoms with Crippen LogP contribution in [0, 0.1) is 0 Å². The minimum atomic E-state index is -0.954. The number of aryl methyl sites for hydroxylation is 3. The highest BCUT2D eigenvalue weighted by Gasteiger charge is 2.25. The quantitative estimate of drug-likeness (QED) is 0.493. The summed E-state index contributed by atoms with van der Waals surface area (Å²) < 4.78 is 6.68. The molecule has 0 radical (unpaired) electrons. The van der Waals surface area contributed by atoms with Gasteiger partial charge < -0.3 is 4.74 Å². The standard InChI is InChI=1S/C23H22N2O4/c1-3-25-22(27)19-10-5-4-9-18(19)20(24-25)23(28)29-14(2)21(26)17-12-11-15-7-6-8-16(15)13-17/h4-5,9-14H,3,6-8H2,1-2H3/t14-/m1/s1. The molecule has 0 unspecified atom stereocenters. The Morgan fingerprint density at radius 1 is 1.10 bits per heavy atom. The van der Waals surface area contributed by atoms with Gasteiger partial charge in [0.15, 0.2) is 11.8 Å². The minimum Gasteiger partial charge on any atom is -0.449 e. The van der Waals surface area contributed by atoms with E-state index >= 15 is 0 Å². The van der Waals surface area contributed by atoms with E-state index in [1.807, 2.05) is 12.1 Å². The maximum Gasteiger partial charge on any atom is 0.360 e. The van der Waals surface area contributed by atoms with E-state index in [4.69, 9.17) is 4.74 Å². The number of aromatic nitrogens is 2. The van der Waals surface area contributed by atoms with E-state index in [2.05, 4.69) is 5.10 Å². The van der Waals surface area contributed by atoms with E-state index in [0.717, 1.165) is 19.3 Å². The molecular formula is C23H22N2O4. The zero-order valence-electron chi connectivity index (χ0n) is 16.5. The zero-order chi connectivity index (χ0) is 20.5. The summed E-state index contributed by atoms with van der Waals surface area (Å²) in [5, 5.41) is 4.99. The number of esters is 1. The van der Waals surface area contributed by atoms with Crippen molar-refractivity contribution >= 4 is 22.5 Å². The monoisotopic (exact) mass is 390 g/mol. The first-order valence-electron chi connectivity index (χ1n) is 9.86. The third kappa shape index (κ3) is 3.46. The Hall–Kier alpha value is -3.28. The Morgan fingerprint density at radius 3 is 2.59 bits per heavy atom. The second kappa shape index (κ2) is 7.62. The van der Waals surface area contributed by atoms with Crippen molar-refractivity contribution in [2.75, 3.05) is 0 Å². The molecule has 29 heavy (non-hydrogen) atoms. The van der Waals surface area contributed by atoms with Crippen LogP contribution in [0.15, 0.2) is 47.3 Å². The van der Waals surface area contributed by atoms with Gasteiger partial charge in [0.2, 0.25) is 5.78 Å². The van der Waals surface area contributed by atoms with Crippen molar-refractivity contribution in [3.8, 4) is 0 Å². The molecule has 6 heteroatoms. The fourth-order valence-corrected chi connectivity index (χ4v) is 3.83. The molecule has 1 atom stereocenters. The van der Waals surface area contributed by atoms with Gasteiger partial charge in [0.05, 0.1) is 5.39 Å². The van der Waals surface area contributed by atoms with Crippen LogP contribution >= 0.6 is 0 Å². The van der Waals surface area contributed by atoms with Crippen LogP contribution in [0.2, 0.25) is 0 Å². The van der Waals surface area contributed by atoms with Gasteiger partial charge in [-0.25, -0.2) is 9.48 Å². The number of carbonyl (C=O) groups excluding carboxylic acids is 2. The van der Waals surface area contributed by atoms with Crippen molar-refractivity contribution in [3.63, 3.8) is 0 Å². The lowest BCUT2D eigenvalue weighted by Crippen LogP contribution is -2.29. The first-order chi connectivity index (χ1) is 14.0. The molecule has 0 saturated carbocycles. The summed E-state index contributed by atoms with van der Waals surface area (Å²) in [6, 6.07) is 12.5. The second-order valence-corrected chi connectivity index (χ2v) is 7.26. The molecular weight excluding hydrogens is 368 g/mol. The van der Waals surface area contributed by atoms with E-state index in [1.165, 1.54) is 15.8 Å². The molecule has 2 aromatic carbocycles. The van der Waals surface area contributed by atoms with E-state index in [0.29, 0.717) is 22.9 Å². The van der Waals surface area contributed by atoms with E-state index in [1.54, 1.807) is 44.2 Å². The third-order valence-electron chi connectivity index (χ3n) is 5.40. The molecule has 0 N–H and O–H groups in total. The highest BCUT2D eigenvalue weighted by Crippen LogP contribution is 2.24. The Bertz CT molecular complexity index is 1180. The van der Waals surface area contributed by atoms with Crippen molar-refractivity contribution in [1.29, 1.82) is 0 Å². The van der Waals surface area contributed by atoms with Crippen molar-refractivity contribution < 1.29 is 14.3 Å². The molecule has 0 spiro atoms. The first-order valence-corrected chi connectivity index (χ1v) is 9.86. The molecule has 1 aliphatic rings. The maximum absolute atomic E-state index is 12.8. The molecule has 6 nitrogen and oxygen atoms in total. The number of ether oxygens (including phenoxy) is 1. The van der Waals surface area contributed by atoms with Gasteiger partial charge in [0.1, 0.15) is 0 Å². The summed E-state index contributed by atoms with van der Waals surface area (Å²) in [7, 11) is 0. The molecule has 148 valence electrons. The summed E-state index contributed by atoms with van der Waals surface area (Å²) in [5.41, 5.74) is 2.79. The Labute approximate surface area is 168 Å². The van der Waals surface area contributed by atoms with Crippen LogP contribution in [0.5, 0.6) is 0 Å². The largest absolute Gasteiger partial charge is 0.449 e. The van der Waals surface area contributed by atoms with Crippen molar-refractivity contribution in [2.24, 2.45) is 0 Å². The number of benzene rings is 2. The number of Topliss-reactive ketones (excluding diaryl/α,β-unsaturated/α-hetero) is 1. The molecule has 1 aliphatic carbocycles. The third-order valence-corrected chi connectivity index (χ3v) is 5.40. The number of hydrogen-bond donors (Lipinski definition) is 0. The SMILES string of the molecule is CCn1nc(C(=O)O[C@H](C)C(=O)c2ccc3c(c2)CCC3)c2ccccc2c1=O. The number of nitrogens with zero attached hydrogens (tertiary/aromatic N) is 2. The lowest BCUT2D eigenvalue weighted by molar-refractivity contribution is 0.0313. The van der Waals surface area contributed by atoms with Crippen molar-refractivity contribution in [1.82, 2.24) is 9.78 Å². The summed E-state index contributed by atoms with van der Waals surface area (Å²) in [6.07, 6.45) is 2.16. The van der Waals surface area contributed by atoms with Gasteiger partial charge in [0, 0.05) is 17.5 Å². The molecule has 0 saturated heterocycles. The summed E-state index contributed by atoms with van der Waals surface area (Å²) in [6.45, 7) is 3.66. The normalized spacial score (nSPS) is 13.9. The fraction of sp³-hybridized carbons (Fsp3) is 0.304. The number of fused-ring (bicyclic) bond motifs is 2. The van der Waals surface area contributed by atoms with Crippen LogP contribution in [0.4, 0.5) is 0 Å². The molecule has 1 heterocycles. The second-order valence-electron chi connectivity index (χ2n) is 7.26. The van der Waals surface area contributed by atoms with Gasteiger partial charge in [0.25, 0.3) is 5.56 Å². The predicted molar refractivity (Wildman–Crippen MR) is 109 cm³/mol. The number of ketones is 1. The van der Waals surface area contributed by atoms with Crippen LogP contribution < -0.4 is 5.56 Å². The Balaban J connectivity index is 1.61. The highest BCUT2D eigenvalue weighted by molar-refractivity contribution is 6.05. The molecule has 0 fully saturated rings. The molecule has 4 rings (SSSR count). The van der Waals surface area contributed by atoms with Crippen LogP contribution in [-0.2, 0) is 24.1 Å². The van der Waals surface area contributed by atoms with Crippen LogP contribution in [0.25, 0.3) is 10.8 Å². The van der Waals surface area contributed by atoms with E-state index in [9.17, 15) is 14.4 Å². The lowest BCUT2D eigenvalue weighted by atomic mass is 10.0. The average Bonchev–Trinajstić information content (AvgIpc) is 3.21. The number of carbonyl (C=O) groups is 2. The first kappa shape index (κ1) is 19.1. The Kier molecular flexibility index (Phi) is 5.01. The summed E-state index contributed by atoms with van der Waals surface area (Å²) in [5.74, 6) is -0.966. The molecule has 3 aromatic rings.